The SMILES string of the molecule is COc1ccc([C@H](C)NC(=O)c2c(C)noc2-c2ccc(C(C)(C)C)cc2)cc1. The maximum absolute atomic E-state index is 13.0. The van der Waals surface area contributed by atoms with Gasteiger partial charge in [-0.2, -0.15) is 0 Å². The van der Waals surface area contributed by atoms with Crippen molar-refractivity contribution in [2.45, 2.75) is 46.1 Å². The van der Waals surface area contributed by atoms with Gasteiger partial charge in [0.2, 0.25) is 0 Å². The van der Waals surface area contributed by atoms with Crippen LogP contribution in [0.4, 0.5) is 0 Å². The lowest BCUT2D eigenvalue weighted by molar-refractivity contribution is 0.0939. The average Bonchev–Trinajstić information content (AvgIpc) is 3.09. The molecule has 29 heavy (non-hydrogen) atoms. The number of carbonyl (C=O) groups is 1. The van der Waals surface area contributed by atoms with Gasteiger partial charge in [-0.1, -0.05) is 62.3 Å². The van der Waals surface area contributed by atoms with Crippen LogP contribution in [-0.4, -0.2) is 18.2 Å². The Labute approximate surface area is 172 Å². The maximum atomic E-state index is 13.0. The zero-order valence-corrected chi connectivity index (χ0v) is 17.9. The van der Waals surface area contributed by atoms with Crippen molar-refractivity contribution in [1.82, 2.24) is 10.5 Å². The monoisotopic (exact) mass is 392 g/mol. The lowest BCUT2D eigenvalue weighted by atomic mass is 9.86. The van der Waals surface area contributed by atoms with E-state index in [0.29, 0.717) is 17.0 Å². The topological polar surface area (TPSA) is 64.4 Å². The molecule has 5 nitrogen and oxygen atoms in total. The molecule has 0 aliphatic heterocycles. The summed E-state index contributed by atoms with van der Waals surface area (Å²) in [6.07, 6.45) is 0. The minimum atomic E-state index is -0.207. The molecule has 3 rings (SSSR count). The number of nitrogens with one attached hydrogen (secondary N) is 1. The van der Waals surface area contributed by atoms with E-state index in [1.54, 1.807) is 14.0 Å². The fourth-order valence-electron chi connectivity index (χ4n) is 3.20. The molecule has 0 spiro atoms. The summed E-state index contributed by atoms with van der Waals surface area (Å²) < 4.78 is 10.7. The number of hydrogen-bond donors (Lipinski definition) is 1. The Bertz CT molecular complexity index is 980. The van der Waals surface area contributed by atoms with E-state index in [0.717, 1.165) is 16.9 Å². The third-order valence-electron chi connectivity index (χ3n) is 5.07. The third kappa shape index (κ3) is 4.50. The number of rotatable bonds is 5. The van der Waals surface area contributed by atoms with Gasteiger partial charge in [-0.05, 0) is 42.5 Å². The smallest absolute Gasteiger partial charge is 0.257 e. The molecular weight excluding hydrogens is 364 g/mol. The summed E-state index contributed by atoms with van der Waals surface area (Å²) in [6.45, 7) is 10.2. The van der Waals surface area contributed by atoms with Crippen LogP contribution in [-0.2, 0) is 5.41 Å². The number of aromatic nitrogens is 1. The predicted octanol–water partition coefficient (Wildman–Crippen LogP) is 5.45. The number of benzene rings is 2. The Morgan fingerprint density at radius 2 is 1.69 bits per heavy atom. The van der Waals surface area contributed by atoms with Gasteiger partial charge in [0.05, 0.1) is 18.8 Å². The van der Waals surface area contributed by atoms with Crippen molar-refractivity contribution in [3.8, 4) is 17.1 Å². The van der Waals surface area contributed by atoms with E-state index >= 15 is 0 Å². The molecule has 2 aromatic carbocycles. The third-order valence-corrected chi connectivity index (χ3v) is 5.07. The molecule has 1 heterocycles. The van der Waals surface area contributed by atoms with Gasteiger partial charge in [-0.3, -0.25) is 4.79 Å². The van der Waals surface area contributed by atoms with Crippen molar-refractivity contribution in [2.75, 3.05) is 7.11 Å². The second kappa shape index (κ2) is 8.11. The minimum Gasteiger partial charge on any atom is -0.497 e. The molecular formula is C24H28N2O3. The van der Waals surface area contributed by atoms with E-state index in [2.05, 4.69) is 43.4 Å². The number of carbonyl (C=O) groups excluding carboxylic acids is 1. The van der Waals surface area contributed by atoms with E-state index in [-0.39, 0.29) is 17.4 Å². The molecule has 0 saturated heterocycles. The Hall–Kier alpha value is -3.08. The molecule has 0 aliphatic rings. The van der Waals surface area contributed by atoms with E-state index in [1.807, 2.05) is 43.3 Å². The van der Waals surface area contributed by atoms with Crippen LogP contribution in [0.5, 0.6) is 5.75 Å². The van der Waals surface area contributed by atoms with Crippen molar-refractivity contribution in [2.24, 2.45) is 0 Å². The summed E-state index contributed by atoms with van der Waals surface area (Å²) in [5.74, 6) is 1.06. The van der Waals surface area contributed by atoms with Crippen LogP contribution >= 0.6 is 0 Å². The largest absolute Gasteiger partial charge is 0.497 e. The summed E-state index contributed by atoms with van der Waals surface area (Å²) in [6, 6.07) is 15.6. The zero-order chi connectivity index (χ0) is 21.2. The Morgan fingerprint density at radius 1 is 1.07 bits per heavy atom. The van der Waals surface area contributed by atoms with Crippen LogP contribution < -0.4 is 10.1 Å². The molecule has 3 aromatic rings. The second-order valence-electron chi connectivity index (χ2n) is 8.27. The highest BCUT2D eigenvalue weighted by molar-refractivity contribution is 6.00. The Balaban J connectivity index is 1.83. The van der Waals surface area contributed by atoms with Gasteiger partial charge < -0.3 is 14.6 Å². The first-order chi connectivity index (χ1) is 13.7. The van der Waals surface area contributed by atoms with Crippen LogP contribution in [0.15, 0.2) is 53.1 Å². The molecule has 0 bridgehead atoms. The first-order valence-corrected chi connectivity index (χ1v) is 9.72. The van der Waals surface area contributed by atoms with Crippen molar-refractivity contribution < 1.29 is 14.1 Å². The molecule has 1 atom stereocenters. The fourth-order valence-corrected chi connectivity index (χ4v) is 3.20. The van der Waals surface area contributed by atoms with Gasteiger partial charge in [0, 0.05) is 5.56 Å². The van der Waals surface area contributed by atoms with Crippen LogP contribution in [0.3, 0.4) is 0 Å². The number of nitrogens with zero attached hydrogens (tertiary/aromatic N) is 1. The zero-order valence-electron chi connectivity index (χ0n) is 17.9. The van der Waals surface area contributed by atoms with Crippen molar-refractivity contribution >= 4 is 5.91 Å². The number of aryl methyl sites for hydroxylation is 1. The predicted molar refractivity (Wildman–Crippen MR) is 114 cm³/mol. The molecule has 1 amide bonds. The summed E-state index contributed by atoms with van der Waals surface area (Å²) in [4.78, 5) is 13.0. The van der Waals surface area contributed by atoms with E-state index in [1.165, 1.54) is 5.56 Å². The van der Waals surface area contributed by atoms with Crippen LogP contribution in [0, 0.1) is 6.92 Å². The first-order valence-electron chi connectivity index (χ1n) is 9.72. The van der Waals surface area contributed by atoms with Gasteiger partial charge in [-0.25, -0.2) is 0 Å². The standard InChI is InChI=1S/C24H28N2O3/c1-15(17-9-13-20(28-6)14-10-17)25-23(27)21-16(2)26-29-22(21)18-7-11-19(12-8-18)24(3,4)5/h7-15H,1-6H3,(H,25,27)/t15-/m0/s1. The average molecular weight is 392 g/mol. The number of methoxy groups -OCH3 is 1. The van der Waals surface area contributed by atoms with Crippen molar-refractivity contribution in [3.63, 3.8) is 0 Å². The fraction of sp³-hybridized carbons (Fsp3) is 0.333. The molecule has 0 fully saturated rings. The summed E-state index contributed by atoms with van der Waals surface area (Å²) in [7, 11) is 1.63. The molecule has 1 N–H and O–H groups in total. The number of ether oxygens (including phenoxy) is 1. The van der Waals surface area contributed by atoms with Gasteiger partial charge in [-0.15, -0.1) is 0 Å². The van der Waals surface area contributed by atoms with Gasteiger partial charge in [0.25, 0.3) is 5.91 Å². The van der Waals surface area contributed by atoms with Crippen molar-refractivity contribution in [1.29, 1.82) is 0 Å². The molecule has 0 aliphatic carbocycles. The molecule has 5 heteroatoms. The van der Waals surface area contributed by atoms with Crippen molar-refractivity contribution in [3.05, 3.63) is 70.9 Å². The lowest BCUT2D eigenvalue weighted by Gasteiger charge is -2.19. The van der Waals surface area contributed by atoms with Gasteiger partial charge in [0.15, 0.2) is 5.76 Å². The van der Waals surface area contributed by atoms with E-state index < -0.39 is 0 Å². The molecule has 0 saturated carbocycles. The highest BCUT2D eigenvalue weighted by Crippen LogP contribution is 2.30. The van der Waals surface area contributed by atoms with Crippen LogP contribution in [0.25, 0.3) is 11.3 Å². The summed E-state index contributed by atoms with van der Waals surface area (Å²) >= 11 is 0. The number of hydrogen-bond acceptors (Lipinski definition) is 4. The second-order valence-corrected chi connectivity index (χ2v) is 8.27. The molecule has 1 aromatic heterocycles. The number of amides is 1. The quantitative estimate of drug-likeness (QED) is 0.627. The minimum absolute atomic E-state index is 0.0594. The summed E-state index contributed by atoms with van der Waals surface area (Å²) in [5.41, 5.74) is 4.14. The highest BCUT2D eigenvalue weighted by atomic mass is 16.5. The highest BCUT2D eigenvalue weighted by Gasteiger charge is 2.24. The van der Waals surface area contributed by atoms with Gasteiger partial charge in [0.1, 0.15) is 11.3 Å². The Kier molecular flexibility index (Phi) is 5.78. The normalized spacial score (nSPS) is 12.5. The van der Waals surface area contributed by atoms with Gasteiger partial charge >= 0.3 is 0 Å². The Morgan fingerprint density at radius 3 is 2.24 bits per heavy atom. The van der Waals surface area contributed by atoms with Crippen LogP contribution in [0.2, 0.25) is 0 Å². The van der Waals surface area contributed by atoms with E-state index in [4.69, 9.17) is 9.26 Å². The molecule has 0 radical (unpaired) electrons. The first kappa shape index (κ1) is 20.6. The molecule has 152 valence electrons. The summed E-state index contributed by atoms with van der Waals surface area (Å²) in [5, 5.41) is 7.08. The van der Waals surface area contributed by atoms with E-state index in [9.17, 15) is 4.79 Å². The molecule has 0 unspecified atom stereocenters. The van der Waals surface area contributed by atoms with Crippen LogP contribution in [0.1, 0.15) is 60.9 Å². The maximum Gasteiger partial charge on any atom is 0.257 e. The lowest BCUT2D eigenvalue weighted by Crippen LogP contribution is -2.27.